The Balaban J connectivity index is 2.56. The molecule has 2 nitrogen and oxygen atoms in total. The Labute approximate surface area is 107 Å². The molecule has 1 aliphatic rings. The van der Waals surface area contributed by atoms with Crippen LogP contribution in [0, 0.1) is 11.3 Å². The molecule has 0 aromatic rings. The molecule has 1 aliphatic carbocycles. The lowest BCUT2D eigenvalue weighted by molar-refractivity contribution is -0.120. The third-order valence-electron chi connectivity index (χ3n) is 4.19. The molecule has 100 valence electrons. The molecule has 0 saturated heterocycles. The maximum absolute atomic E-state index is 11.5. The van der Waals surface area contributed by atoms with Gasteiger partial charge in [0.15, 0.2) is 0 Å². The molecule has 0 spiro atoms. The fourth-order valence-electron chi connectivity index (χ4n) is 3.16. The Hall–Kier alpha value is -0.370. The summed E-state index contributed by atoms with van der Waals surface area (Å²) in [5, 5.41) is 0. The van der Waals surface area contributed by atoms with Crippen LogP contribution in [0.4, 0.5) is 0 Å². The van der Waals surface area contributed by atoms with Crippen LogP contribution < -0.4 is 0 Å². The smallest absolute Gasteiger partial charge is 0.127 e. The molecule has 2 unspecified atom stereocenters. The minimum absolute atomic E-state index is 0.0403. The van der Waals surface area contributed by atoms with Gasteiger partial charge in [-0.25, -0.2) is 0 Å². The first-order chi connectivity index (χ1) is 8.15. The van der Waals surface area contributed by atoms with Gasteiger partial charge in [-0.15, -0.1) is 0 Å². The average molecular weight is 239 g/mol. The summed E-state index contributed by atoms with van der Waals surface area (Å²) in [7, 11) is 0. The lowest BCUT2D eigenvalue weighted by Gasteiger charge is -2.39. The van der Waals surface area contributed by atoms with Crippen molar-refractivity contribution in [2.75, 3.05) is 19.6 Å². The van der Waals surface area contributed by atoms with Gasteiger partial charge in [-0.05, 0) is 38.3 Å². The Morgan fingerprint density at radius 1 is 1.41 bits per heavy atom. The fourth-order valence-corrected chi connectivity index (χ4v) is 3.16. The molecular formula is C15H29NO. The van der Waals surface area contributed by atoms with E-state index in [2.05, 4.69) is 25.7 Å². The number of rotatable bonds is 7. The Bertz CT molecular complexity index is 229. The number of nitrogens with zero attached hydrogens (tertiary/aromatic N) is 1. The Kier molecular flexibility index (Phi) is 6.18. The number of hydrogen-bond acceptors (Lipinski definition) is 2. The molecule has 0 heterocycles. The van der Waals surface area contributed by atoms with Crippen LogP contribution in [0.5, 0.6) is 0 Å². The van der Waals surface area contributed by atoms with Crippen molar-refractivity contribution in [2.24, 2.45) is 11.3 Å². The molecule has 1 rings (SSSR count). The minimum Gasteiger partial charge on any atom is -0.303 e. The van der Waals surface area contributed by atoms with E-state index in [0.29, 0.717) is 0 Å². The summed E-state index contributed by atoms with van der Waals surface area (Å²) in [6, 6.07) is 0. The van der Waals surface area contributed by atoms with Crippen molar-refractivity contribution >= 4 is 6.29 Å². The predicted octanol–water partition coefficient (Wildman–Crippen LogP) is 3.50. The number of carbonyl (C=O) groups is 1. The summed E-state index contributed by atoms with van der Waals surface area (Å²) in [6.07, 6.45) is 8.47. The zero-order valence-corrected chi connectivity index (χ0v) is 11.9. The van der Waals surface area contributed by atoms with E-state index in [1.165, 1.54) is 32.0 Å². The van der Waals surface area contributed by atoms with Gasteiger partial charge in [-0.1, -0.05) is 40.0 Å². The second-order valence-corrected chi connectivity index (χ2v) is 5.90. The van der Waals surface area contributed by atoms with E-state index in [4.69, 9.17) is 0 Å². The third kappa shape index (κ3) is 4.42. The van der Waals surface area contributed by atoms with E-state index in [-0.39, 0.29) is 5.41 Å². The first-order valence-corrected chi connectivity index (χ1v) is 7.34. The van der Waals surface area contributed by atoms with Gasteiger partial charge in [0.1, 0.15) is 6.29 Å². The zero-order valence-electron chi connectivity index (χ0n) is 11.9. The molecule has 1 fully saturated rings. The van der Waals surface area contributed by atoms with Gasteiger partial charge in [-0.2, -0.15) is 0 Å². The first kappa shape index (κ1) is 14.7. The maximum atomic E-state index is 11.5. The van der Waals surface area contributed by atoms with Crippen LogP contribution in [0.3, 0.4) is 0 Å². The number of carbonyl (C=O) groups excluding carboxylic acids is 1. The molecule has 0 amide bonds. The topological polar surface area (TPSA) is 20.3 Å². The quantitative estimate of drug-likeness (QED) is 0.634. The summed E-state index contributed by atoms with van der Waals surface area (Å²) in [5.74, 6) is 0.721. The van der Waals surface area contributed by atoms with Gasteiger partial charge in [-0.3, -0.25) is 0 Å². The Morgan fingerprint density at radius 2 is 2.18 bits per heavy atom. The minimum atomic E-state index is -0.0403. The van der Waals surface area contributed by atoms with Gasteiger partial charge >= 0.3 is 0 Å². The molecule has 0 radical (unpaired) electrons. The second kappa shape index (κ2) is 7.15. The highest BCUT2D eigenvalue weighted by atomic mass is 16.1. The van der Waals surface area contributed by atoms with E-state index in [1.807, 2.05) is 0 Å². The number of unbranched alkanes of at least 4 members (excludes halogenated alkanes) is 1. The molecule has 0 aromatic carbocycles. The highest BCUT2D eigenvalue weighted by molar-refractivity contribution is 5.60. The molecule has 0 aromatic heterocycles. The van der Waals surface area contributed by atoms with Crippen LogP contribution in [0.2, 0.25) is 0 Å². The second-order valence-electron chi connectivity index (χ2n) is 5.90. The van der Waals surface area contributed by atoms with Crippen molar-refractivity contribution in [3.05, 3.63) is 0 Å². The van der Waals surface area contributed by atoms with Crippen molar-refractivity contribution in [1.82, 2.24) is 4.90 Å². The standard InChI is InChI=1S/C15H29NO/c1-4-6-10-16(5-2)12-15(13-17)9-7-8-14(3)11-15/h13-14H,4-12H2,1-3H3. The molecular weight excluding hydrogens is 210 g/mol. The lowest BCUT2D eigenvalue weighted by Crippen LogP contribution is -2.42. The first-order valence-electron chi connectivity index (χ1n) is 7.34. The number of aldehydes is 1. The van der Waals surface area contributed by atoms with Gasteiger partial charge in [0.25, 0.3) is 0 Å². The van der Waals surface area contributed by atoms with Crippen molar-refractivity contribution in [2.45, 2.75) is 59.3 Å². The van der Waals surface area contributed by atoms with Crippen LogP contribution in [-0.4, -0.2) is 30.8 Å². The van der Waals surface area contributed by atoms with Crippen LogP contribution in [0.1, 0.15) is 59.3 Å². The van der Waals surface area contributed by atoms with Gasteiger partial charge < -0.3 is 9.69 Å². The Morgan fingerprint density at radius 3 is 2.71 bits per heavy atom. The van der Waals surface area contributed by atoms with Crippen LogP contribution in [0.25, 0.3) is 0 Å². The predicted molar refractivity (Wildman–Crippen MR) is 73.2 cm³/mol. The summed E-state index contributed by atoms with van der Waals surface area (Å²) in [5.41, 5.74) is -0.0403. The van der Waals surface area contributed by atoms with Crippen molar-refractivity contribution in [1.29, 1.82) is 0 Å². The largest absolute Gasteiger partial charge is 0.303 e. The SMILES string of the molecule is CCCCN(CC)CC1(C=O)CCCC(C)C1. The monoisotopic (exact) mass is 239 g/mol. The molecule has 0 bridgehead atoms. The molecule has 0 aliphatic heterocycles. The van der Waals surface area contributed by atoms with Crippen molar-refractivity contribution in [3.8, 4) is 0 Å². The van der Waals surface area contributed by atoms with Crippen LogP contribution in [0.15, 0.2) is 0 Å². The van der Waals surface area contributed by atoms with Crippen LogP contribution in [-0.2, 0) is 4.79 Å². The molecule has 0 N–H and O–H groups in total. The third-order valence-corrected chi connectivity index (χ3v) is 4.19. The molecule has 2 heteroatoms. The fraction of sp³-hybridized carbons (Fsp3) is 0.933. The summed E-state index contributed by atoms with van der Waals surface area (Å²) in [4.78, 5) is 14.0. The van der Waals surface area contributed by atoms with E-state index >= 15 is 0 Å². The lowest BCUT2D eigenvalue weighted by atomic mass is 9.70. The summed E-state index contributed by atoms with van der Waals surface area (Å²) < 4.78 is 0. The maximum Gasteiger partial charge on any atom is 0.127 e. The highest BCUT2D eigenvalue weighted by Crippen LogP contribution is 2.38. The van der Waals surface area contributed by atoms with Crippen LogP contribution >= 0.6 is 0 Å². The van der Waals surface area contributed by atoms with Gasteiger partial charge in [0, 0.05) is 12.0 Å². The van der Waals surface area contributed by atoms with E-state index < -0.39 is 0 Å². The summed E-state index contributed by atoms with van der Waals surface area (Å²) >= 11 is 0. The number of hydrogen-bond donors (Lipinski definition) is 0. The van der Waals surface area contributed by atoms with Gasteiger partial charge in [0.05, 0.1) is 0 Å². The molecule has 1 saturated carbocycles. The normalized spacial score (nSPS) is 29.5. The van der Waals surface area contributed by atoms with Crippen molar-refractivity contribution in [3.63, 3.8) is 0 Å². The van der Waals surface area contributed by atoms with E-state index in [9.17, 15) is 4.79 Å². The van der Waals surface area contributed by atoms with Gasteiger partial charge in [0.2, 0.25) is 0 Å². The van der Waals surface area contributed by atoms with E-state index in [0.717, 1.165) is 38.4 Å². The summed E-state index contributed by atoms with van der Waals surface area (Å²) in [6.45, 7) is 9.93. The molecule has 2 atom stereocenters. The zero-order chi connectivity index (χ0) is 12.7. The van der Waals surface area contributed by atoms with Crippen molar-refractivity contribution < 1.29 is 4.79 Å². The highest BCUT2D eigenvalue weighted by Gasteiger charge is 2.35. The average Bonchev–Trinajstić information content (AvgIpc) is 2.34. The molecule has 17 heavy (non-hydrogen) atoms. The van der Waals surface area contributed by atoms with E-state index in [1.54, 1.807) is 0 Å².